The van der Waals surface area contributed by atoms with Crippen molar-refractivity contribution in [1.29, 1.82) is 0 Å². The normalized spacial score (nSPS) is 28.7. The van der Waals surface area contributed by atoms with Gasteiger partial charge in [-0.05, 0) is 116 Å². The second-order valence-electron chi connectivity index (χ2n) is 13.7. The molecular weight excluding hydrogens is 526 g/mol. The third kappa shape index (κ3) is 5.20. The average Bonchev–Trinajstić information content (AvgIpc) is 3.18. The Hall–Kier alpha value is -2.16. The van der Waals surface area contributed by atoms with Crippen LogP contribution in [0, 0.1) is 17.3 Å². The second kappa shape index (κ2) is 9.74. The van der Waals surface area contributed by atoms with Crippen molar-refractivity contribution < 1.29 is 22.4 Å². The Morgan fingerprint density at radius 1 is 1.05 bits per heavy atom. The highest BCUT2D eigenvalue weighted by Gasteiger charge is 2.56. The van der Waals surface area contributed by atoms with E-state index in [1.54, 1.807) is 6.07 Å². The first kappa shape index (κ1) is 28.4. The van der Waals surface area contributed by atoms with Crippen LogP contribution in [0.15, 0.2) is 47.4 Å². The number of primary sulfonamides is 1. The summed E-state index contributed by atoms with van der Waals surface area (Å²) < 4.78 is 36.2. The van der Waals surface area contributed by atoms with E-state index in [4.69, 9.17) is 14.3 Å². The number of carbonyl (C=O) groups excluding carboxylic acids is 1. The highest BCUT2D eigenvalue weighted by molar-refractivity contribution is 7.89. The van der Waals surface area contributed by atoms with Crippen molar-refractivity contribution >= 4 is 24.3 Å². The van der Waals surface area contributed by atoms with Crippen molar-refractivity contribution in [3.63, 3.8) is 0 Å². The zero-order valence-electron chi connectivity index (χ0n) is 24.1. The van der Waals surface area contributed by atoms with E-state index in [9.17, 15) is 13.2 Å². The van der Waals surface area contributed by atoms with E-state index in [1.165, 1.54) is 29.3 Å². The summed E-state index contributed by atoms with van der Waals surface area (Å²) in [6.45, 7) is 13.7. The van der Waals surface area contributed by atoms with Crippen LogP contribution in [0.3, 0.4) is 0 Å². The molecule has 0 bridgehead atoms. The molecule has 5 rings (SSSR count). The molecule has 6 nitrogen and oxygen atoms in total. The van der Waals surface area contributed by atoms with Crippen LogP contribution in [0.1, 0.15) is 87.2 Å². The van der Waals surface area contributed by atoms with Crippen molar-refractivity contribution in [2.45, 2.75) is 101 Å². The fourth-order valence-electron chi connectivity index (χ4n) is 7.21. The lowest BCUT2D eigenvalue weighted by molar-refractivity contribution is -0.0428. The van der Waals surface area contributed by atoms with Crippen molar-refractivity contribution in [2.24, 2.45) is 22.4 Å². The lowest BCUT2D eigenvalue weighted by Gasteiger charge is -2.50. The van der Waals surface area contributed by atoms with E-state index < -0.39 is 24.3 Å². The molecule has 2 aromatic carbocycles. The average molecular weight is 570 g/mol. The van der Waals surface area contributed by atoms with Crippen LogP contribution >= 0.6 is 0 Å². The molecule has 0 radical (unpaired) electrons. The highest BCUT2D eigenvalue weighted by Crippen LogP contribution is 2.61. The van der Waals surface area contributed by atoms with Crippen LogP contribution in [0.5, 0.6) is 5.75 Å². The number of benzene rings is 2. The molecule has 0 aromatic heterocycles. The van der Waals surface area contributed by atoms with Crippen LogP contribution in [0.4, 0.5) is 0 Å². The van der Waals surface area contributed by atoms with Crippen molar-refractivity contribution in [3.05, 3.63) is 59.2 Å². The first-order valence-electron chi connectivity index (χ1n) is 14.3. The fraction of sp³-hybridized carbons (Fsp3) is 0.581. The minimum absolute atomic E-state index is 0.0722. The van der Waals surface area contributed by atoms with Gasteiger partial charge in [0.05, 0.1) is 10.5 Å². The summed E-state index contributed by atoms with van der Waals surface area (Å²) in [6, 6.07) is 12.6. The molecule has 39 heavy (non-hydrogen) atoms. The molecule has 0 unspecified atom stereocenters. The number of fused-ring (bicyclic) bond motifs is 5. The molecule has 2 saturated carbocycles. The van der Waals surface area contributed by atoms with Gasteiger partial charge in [-0.25, -0.2) is 18.4 Å². The van der Waals surface area contributed by atoms with Gasteiger partial charge in [0.15, 0.2) is 0 Å². The molecule has 2 N–H and O–H groups in total. The van der Waals surface area contributed by atoms with Crippen LogP contribution in [0.2, 0.25) is 18.1 Å². The molecule has 0 saturated heterocycles. The number of rotatable bonds is 5. The van der Waals surface area contributed by atoms with Crippen LogP contribution in [0.25, 0.3) is 0 Å². The van der Waals surface area contributed by atoms with Crippen LogP contribution < -0.4 is 9.56 Å². The smallest absolute Gasteiger partial charge is 0.338 e. The number of ether oxygens (including phenoxy) is 1. The zero-order chi connectivity index (χ0) is 28.4. The quantitative estimate of drug-likeness (QED) is 0.316. The van der Waals surface area contributed by atoms with E-state index >= 15 is 0 Å². The first-order valence-corrected chi connectivity index (χ1v) is 18.7. The molecule has 212 valence electrons. The van der Waals surface area contributed by atoms with E-state index in [2.05, 4.69) is 59.0 Å². The topological polar surface area (TPSA) is 95.7 Å². The Morgan fingerprint density at radius 3 is 2.49 bits per heavy atom. The van der Waals surface area contributed by atoms with E-state index in [-0.39, 0.29) is 27.0 Å². The molecule has 8 heteroatoms. The second-order valence-corrected chi connectivity index (χ2v) is 20.0. The predicted octanol–water partition coefficient (Wildman–Crippen LogP) is 6.80. The molecule has 0 aliphatic heterocycles. The summed E-state index contributed by atoms with van der Waals surface area (Å²) in [7, 11) is -5.78. The Balaban J connectivity index is 1.31. The maximum absolute atomic E-state index is 13.1. The number of sulfonamides is 1. The minimum atomic E-state index is -3.89. The molecule has 2 fully saturated rings. The molecule has 0 spiro atoms. The summed E-state index contributed by atoms with van der Waals surface area (Å²) >= 11 is 0. The minimum Gasteiger partial charge on any atom is -0.543 e. The maximum Gasteiger partial charge on any atom is 0.338 e. The summed E-state index contributed by atoms with van der Waals surface area (Å²) in [5, 5.41) is 5.42. The van der Waals surface area contributed by atoms with Gasteiger partial charge in [-0.15, -0.1) is 0 Å². The number of carbonyl (C=O) groups is 1. The third-order valence-corrected chi connectivity index (χ3v) is 15.7. The first-order chi connectivity index (χ1) is 18.1. The standard InChI is InChI=1S/C31H43NO5SSi/c1-30(2,3)39(5,6)37-22-11-13-24-20(18-22)10-12-26-25(24)16-17-31(4)27(26)14-15-28(31)36-29(33)21-8-7-9-23(19-21)38(32,34)35/h7-9,11,13,18-19,25-28H,10,12,14-17H2,1-6H3,(H2,32,34,35)/t25-,26-,27+,28+,31+/m1/s1. The molecule has 3 aliphatic rings. The Labute approximate surface area is 234 Å². The molecule has 3 aliphatic carbocycles. The fourth-order valence-corrected chi connectivity index (χ4v) is 8.79. The van der Waals surface area contributed by atoms with Crippen molar-refractivity contribution in [3.8, 4) is 5.75 Å². The molecule has 0 heterocycles. The van der Waals surface area contributed by atoms with Gasteiger partial charge in [0.1, 0.15) is 11.9 Å². The summed E-state index contributed by atoms with van der Waals surface area (Å²) in [4.78, 5) is 13.0. The van der Waals surface area contributed by atoms with Gasteiger partial charge in [-0.3, -0.25) is 0 Å². The summed E-state index contributed by atoms with van der Waals surface area (Å²) in [5.41, 5.74) is 3.07. The monoisotopic (exact) mass is 569 g/mol. The molecular formula is C31H43NO5SSi. The molecule has 0 amide bonds. The number of esters is 1. The van der Waals surface area contributed by atoms with E-state index in [0.29, 0.717) is 17.8 Å². The van der Waals surface area contributed by atoms with Gasteiger partial charge in [-0.1, -0.05) is 39.8 Å². The van der Waals surface area contributed by atoms with Crippen LogP contribution in [-0.2, 0) is 21.2 Å². The third-order valence-electron chi connectivity index (χ3n) is 10.4. The van der Waals surface area contributed by atoms with Gasteiger partial charge < -0.3 is 9.16 Å². The molecule has 2 aromatic rings. The van der Waals surface area contributed by atoms with Gasteiger partial charge >= 0.3 is 5.97 Å². The Bertz CT molecular complexity index is 1380. The van der Waals surface area contributed by atoms with Gasteiger partial charge in [0.2, 0.25) is 18.3 Å². The summed E-state index contributed by atoms with van der Waals surface area (Å²) in [5.74, 6) is 2.16. The Morgan fingerprint density at radius 2 is 1.79 bits per heavy atom. The Kier molecular flexibility index (Phi) is 7.08. The summed E-state index contributed by atoms with van der Waals surface area (Å²) in [6.07, 6.45) is 6.03. The largest absolute Gasteiger partial charge is 0.543 e. The van der Waals surface area contributed by atoms with Crippen LogP contribution in [-0.4, -0.2) is 28.8 Å². The number of nitrogens with two attached hydrogens (primary N) is 1. The number of hydrogen-bond acceptors (Lipinski definition) is 5. The van der Waals surface area contributed by atoms with Gasteiger partial charge in [0.25, 0.3) is 0 Å². The number of hydrogen-bond donors (Lipinski definition) is 1. The maximum atomic E-state index is 13.1. The number of aryl methyl sites for hydroxylation is 1. The highest BCUT2D eigenvalue weighted by atomic mass is 32.2. The van der Waals surface area contributed by atoms with Gasteiger partial charge in [0, 0.05) is 5.41 Å². The lowest BCUT2D eigenvalue weighted by Crippen LogP contribution is -2.45. The predicted molar refractivity (Wildman–Crippen MR) is 156 cm³/mol. The van der Waals surface area contributed by atoms with Gasteiger partial charge in [-0.2, -0.15) is 0 Å². The zero-order valence-corrected chi connectivity index (χ0v) is 25.9. The van der Waals surface area contributed by atoms with E-state index in [1.807, 2.05) is 0 Å². The lowest BCUT2D eigenvalue weighted by atomic mass is 9.55. The SMILES string of the molecule is CC(C)(C)[Si](C)(C)Oc1ccc2c(c1)CC[C@@H]1[C@@H]2CC[C@]2(C)[C@@H](OC(=O)c3cccc(S(N)(=O)=O)c3)CC[C@@H]12. The molecule has 5 atom stereocenters. The van der Waals surface area contributed by atoms with Crippen molar-refractivity contribution in [1.82, 2.24) is 0 Å². The van der Waals surface area contributed by atoms with E-state index in [0.717, 1.165) is 44.3 Å². The van der Waals surface area contributed by atoms with Crippen molar-refractivity contribution in [2.75, 3.05) is 0 Å².